The van der Waals surface area contributed by atoms with Gasteiger partial charge >= 0.3 is 0 Å². The molecule has 0 aliphatic carbocycles. The fraction of sp³-hybridized carbons (Fsp3) is 0.214. The number of amides is 2. The molecule has 0 radical (unpaired) electrons. The summed E-state index contributed by atoms with van der Waals surface area (Å²) in [7, 11) is 0.822. The molecule has 0 atom stereocenters. The van der Waals surface area contributed by atoms with E-state index in [0.29, 0.717) is 28.1 Å². The Morgan fingerprint density at radius 1 is 1.00 bits per heavy atom. The average Bonchev–Trinajstić information content (AvgIpc) is 3.37. The first-order valence-corrected chi connectivity index (χ1v) is 14.9. The summed E-state index contributed by atoms with van der Waals surface area (Å²) in [6.07, 6.45) is 0. The molecule has 1 heterocycles. The van der Waals surface area contributed by atoms with Crippen LogP contribution in [0.1, 0.15) is 21.7 Å². The maximum absolute atomic E-state index is 12.9. The van der Waals surface area contributed by atoms with Crippen LogP contribution in [0.3, 0.4) is 0 Å². The van der Waals surface area contributed by atoms with Crippen LogP contribution in [0.15, 0.2) is 82.8 Å². The Morgan fingerprint density at radius 3 is 2.41 bits per heavy atom. The van der Waals surface area contributed by atoms with Crippen LogP contribution in [0.5, 0.6) is 5.75 Å². The Bertz CT molecular complexity index is 1650. The summed E-state index contributed by atoms with van der Waals surface area (Å²) >= 11 is 1.20. The highest BCUT2D eigenvalue weighted by Gasteiger charge is 2.21. The Morgan fingerprint density at radius 2 is 1.73 bits per heavy atom. The molecule has 1 aromatic heterocycles. The number of nitrogens with zero attached hydrogens (tertiary/aromatic N) is 4. The second-order valence-electron chi connectivity index (χ2n) is 9.11. The van der Waals surface area contributed by atoms with Gasteiger partial charge in [-0.2, -0.15) is 0 Å². The molecule has 0 unspecified atom stereocenters. The summed E-state index contributed by atoms with van der Waals surface area (Å²) in [6, 6.07) is 20.5. The minimum atomic E-state index is -3.61. The molecule has 11 nitrogen and oxygen atoms in total. The number of thioether (sulfide) groups is 1. The van der Waals surface area contributed by atoms with E-state index in [0.717, 1.165) is 9.87 Å². The van der Waals surface area contributed by atoms with Gasteiger partial charge in [-0.15, -0.1) is 10.2 Å². The number of para-hydroxylation sites is 2. The predicted molar refractivity (Wildman–Crippen MR) is 157 cm³/mol. The Labute approximate surface area is 243 Å². The van der Waals surface area contributed by atoms with Crippen molar-refractivity contribution in [1.29, 1.82) is 0 Å². The number of rotatable bonds is 11. The number of anilines is 1. The molecule has 214 valence electrons. The van der Waals surface area contributed by atoms with Gasteiger partial charge in [-0.25, -0.2) is 12.7 Å². The largest absolute Gasteiger partial charge is 0.495 e. The van der Waals surface area contributed by atoms with E-state index in [4.69, 9.17) is 4.74 Å². The van der Waals surface area contributed by atoms with E-state index in [-0.39, 0.29) is 28.7 Å². The van der Waals surface area contributed by atoms with Crippen LogP contribution < -0.4 is 15.4 Å². The van der Waals surface area contributed by atoms with Crippen molar-refractivity contribution < 1.29 is 22.7 Å². The number of ether oxygens (including phenoxy) is 1. The monoisotopic (exact) mass is 594 g/mol. The van der Waals surface area contributed by atoms with Gasteiger partial charge in [-0.1, -0.05) is 36.0 Å². The zero-order valence-electron chi connectivity index (χ0n) is 23.0. The molecule has 2 amide bonds. The van der Waals surface area contributed by atoms with Crippen LogP contribution in [0.2, 0.25) is 0 Å². The standard InChI is InChI=1S/C28H30N6O5S2/c1-19-8-7-9-21(16-19)30-26(35)18-40-28-32-31-25(34(28)23-10-5-6-11-24(23)39-4)17-29-27(36)20-12-14-22(15-13-20)41(37,38)33(2)3/h5-16H,17-18H2,1-4H3,(H,29,36)(H,30,35). The van der Waals surface area contributed by atoms with Crippen LogP contribution in [-0.4, -0.2) is 66.3 Å². The molecule has 13 heteroatoms. The van der Waals surface area contributed by atoms with E-state index in [1.54, 1.807) is 17.7 Å². The minimum Gasteiger partial charge on any atom is -0.495 e. The molecule has 4 rings (SSSR count). The smallest absolute Gasteiger partial charge is 0.251 e. The third-order valence-electron chi connectivity index (χ3n) is 5.96. The molecule has 0 saturated carbocycles. The molecule has 0 aliphatic heterocycles. The third kappa shape index (κ3) is 7.12. The summed E-state index contributed by atoms with van der Waals surface area (Å²) in [5, 5.41) is 14.7. The summed E-state index contributed by atoms with van der Waals surface area (Å²) in [6.45, 7) is 1.96. The Kier molecular flexibility index (Phi) is 9.42. The number of aromatic nitrogens is 3. The summed E-state index contributed by atoms with van der Waals surface area (Å²) in [5.74, 6) is 0.431. The molecule has 0 bridgehead atoms. The quantitative estimate of drug-likeness (QED) is 0.252. The molecular weight excluding hydrogens is 564 g/mol. The zero-order valence-corrected chi connectivity index (χ0v) is 24.6. The maximum Gasteiger partial charge on any atom is 0.251 e. The van der Waals surface area contributed by atoms with Gasteiger partial charge in [0, 0.05) is 25.3 Å². The molecule has 3 aromatic carbocycles. The van der Waals surface area contributed by atoms with Crippen molar-refractivity contribution in [3.8, 4) is 11.4 Å². The lowest BCUT2D eigenvalue weighted by atomic mass is 10.2. The van der Waals surface area contributed by atoms with Crippen LogP contribution in [0, 0.1) is 6.92 Å². The second-order valence-corrected chi connectivity index (χ2v) is 12.2. The van der Waals surface area contributed by atoms with Crippen molar-refractivity contribution in [3.63, 3.8) is 0 Å². The summed E-state index contributed by atoms with van der Waals surface area (Å²) < 4.78 is 33.0. The van der Waals surface area contributed by atoms with Crippen LogP contribution in [0.4, 0.5) is 5.69 Å². The van der Waals surface area contributed by atoms with Gasteiger partial charge in [0.25, 0.3) is 5.91 Å². The summed E-state index contributed by atoms with van der Waals surface area (Å²) in [5.41, 5.74) is 2.67. The molecule has 0 saturated heterocycles. The number of sulfonamides is 1. The van der Waals surface area contributed by atoms with E-state index in [1.807, 2.05) is 49.4 Å². The van der Waals surface area contributed by atoms with Gasteiger partial charge in [0.2, 0.25) is 15.9 Å². The van der Waals surface area contributed by atoms with Crippen molar-refractivity contribution in [2.24, 2.45) is 0 Å². The number of methoxy groups -OCH3 is 1. The van der Waals surface area contributed by atoms with Gasteiger partial charge in [0.1, 0.15) is 5.75 Å². The topological polar surface area (TPSA) is 136 Å². The van der Waals surface area contributed by atoms with Crippen molar-refractivity contribution in [3.05, 3.63) is 89.7 Å². The van der Waals surface area contributed by atoms with Crippen LogP contribution in [-0.2, 0) is 21.4 Å². The maximum atomic E-state index is 12.9. The fourth-order valence-corrected chi connectivity index (χ4v) is 5.53. The average molecular weight is 595 g/mol. The first-order valence-electron chi connectivity index (χ1n) is 12.5. The highest BCUT2D eigenvalue weighted by molar-refractivity contribution is 7.99. The van der Waals surface area contributed by atoms with Crippen molar-refractivity contribution in [2.45, 2.75) is 23.5 Å². The van der Waals surface area contributed by atoms with Gasteiger partial charge in [-0.05, 0) is 61.0 Å². The van der Waals surface area contributed by atoms with E-state index in [9.17, 15) is 18.0 Å². The summed E-state index contributed by atoms with van der Waals surface area (Å²) in [4.78, 5) is 25.6. The molecule has 0 fully saturated rings. The Hall–Kier alpha value is -4.20. The molecule has 0 aliphatic rings. The number of carbonyl (C=O) groups is 2. The molecule has 0 spiro atoms. The van der Waals surface area contributed by atoms with Gasteiger partial charge < -0.3 is 15.4 Å². The molecule has 2 N–H and O–H groups in total. The lowest BCUT2D eigenvalue weighted by Gasteiger charge is -2.14. The normalized spacial score (nSPS) is 11.3. The SMILES string of the molecule is COc1ccccc1-n1c(CNC(=O)c2ccc(S(=O)(=O)N(C)C)cc2)nnc1SCC(=O)Nc1cccc(C)c1. The number of hydrogen-bond donors (Lipinski definition) is 2. The highest BCUT2D eigenvalue weighted by atomic mass is 32.2. The first-order chi connectivity index (χ1) is 19.6. The molecular formula is C28H30N6O5S2. The van der Waals surface area contributed by atoms with Crippen molar-refractivity contribution >= 4 is 39.3 Å². The number of carbonyl (C=O) groups excluding carboxylic acids is 2. The van der Waals surface area contributed by atoms with E-state index in [1.165, 1.54) is 50.1 Å². The van der Waals surface area contributed by atoms with E-state index in [2.05, 4.69) is 20.8 Å². The highest BCUT2D eigenvalue weighted by Crippen LogP contribution is 2.29. The first kappa shape index (κ1) is 29.8. The molecule has 41 heavy (non-hydrogen) atoms. The van der Waals surface area contributed by atoms with Crippen molar-refractivity contribution in [2.75, 3.05) is 32.3 Å². The number of aryl methyl sites for hydroxylation is 1. The van der Waals surface area contributed by atoms with Gasteiger partial charge in [-0.3, -0.25) is 14.2 Å². The fourth-order valence-electron chi connectivity index (χ4n) is 3.87. The molecule has 4 aromatic rings. The van der Waals surface area contributed by atoms with E-state index >= 15 is 0 Å². The van der Waals surface area contributed by atoms with Crippen LogP contribution >= 0.6 is 11.8 Å². The van der Waals surface area contributed by atoms with Crippen molar-refractivity contribution in [1.82, 2.24) is 24.4 Å². The second kappa shape index (κ2) is 13.0. The number of benzene rings is 3. The Balaban J connectivity index is 1.52. The van der Waals surface area contributed by atoms with Gasteiger partial charge in [0.05, 0.1) is 30.0 Å². The lowest BCUT2D eigenvalue weighted by Crippen LogP contribution is -2.25. The van der Waals surface area contributed by atoms with E-state index < -0.39 is 15.9 Å². The zero-order chi connectivity index (χ0) is 29.6. The lowest BCUT2D eigenvalue weighted by molar-refractivity contribution is -0.113. The predicted octanol–water partition coefficient (Wildman–Crippen LogP) is 3.50. The third-order valence-corrected chi connectivity index (χ3v) is 8.72. The number of nitrogens with one attached hydrogen (secondary N) is 2. The number of hydrogen-bond acceptors (Lipinski definition) is 8. The minimum absolute atomic E-state index is 0.0116. The van der Waals surface area contributed by atoms with Crippen LogP contribution in [0.25, 0.3) is 5.69 Å². The van der Waals surface area contributed by atoms with Gasteiger partial charge in [0.15, 0.2) is 11.0 Å².